The average Bonchev–Trinajstić information content (AvgIpc) is 2.97. The van der Waals surface area contributed by atoms with Crippen LogP contribution in [0.15, 0.2) is 0 Å². The van der Waals surface area contributed by atoms with Crippen LogP contribution in [0.1, 0.15) is 64.2 Å². The lowest BCUT2D eigenvalue weighted by atomic mass is 9.78. The number of nitrogens with one attached hydrogen (secondary N) is 1. The molecule has 122 valence electrons. The van der Waals surface area contributed by atoms with Gasteiger partial charge < -0.3 is 14.8 Å². The van der Waals surface area contributed by atoms with Gasteiger partial charge in [-0.1, -0.05) is 32.1 Å². The van der Waals surface area contributed by atoms with E-state index in [-0.39, 0.29) is 5.60 Å². The third-order valence-corrected chi connectivity index (χ3v) is 6.15. The van der Waals surface area contributed by atoms with Crippen LogP contribution in [0.3, 0.4) is 0 Å². The first-order chi connectivity index (χ1) is 10.3. The molecule has 1 spiro atoms. The predicted octanol–water partition coefficient (Wildman–Crippen LogP) is 3.52. The van der Waals surface area contributed by atoms with Crippen LogP contribution in [0.5, 0.6) is 0 Å². The standard InChI is InChI=1S/C18H33NO2/c1-19-17(8-7-15-5-3-2-4-6-15)16-9-11-21-18(13-16)10-12-20-14-18/h15-17,19H,2-14H2,1H3. The fourth-order valence-corrected chi connectivity index (χ4v) is 4.78. The van der Waals surface area contributed by atoms with Crippen LogP contribution < -0.4 is 5.32 Å². The quantitative estimate of drug-likeness (QED) is 0.842. The zero-order valence-corrected chi connectivity index (χ0v) is 13.7. The Hall–Kier alpha value is -0.120. The molecule has 0 aromatic rings. The van der Waals surface area contributed by atoms with Crippen molar-refractivity contribution in [3.05, 3.63) is 0 Å². The van der Waals surface area contributed by atoms with Crippen LogP contribution in [-0.2, 0) is 9.47 Å². The highest BCUT2D eigenvalue weighted by Crippen LogP contribution is 2.38. The van der Waals surface area contributed by atoms with Gasteiger partial charge in [0.2, 0.25) is 0 Å². The van der Waals surface area contributed by atoms with Gasteiger partial charge in [0.05, 0.1) is 12.2 Å². The molecule has 3 fully saturated rings. The zero-order chi connectivity index (χ0) is 14.5. The maximum absolute atomic E-state index is 6.09. The van der Waals surface area contributed by atoms with Gasteiger partial charge in [-0.05, 0) is 44.6 Å². The molecule has 21 heavy (non-hydrogen) atoms. The van der Waals surface area contributed by atoms with E-state index in [1.807, 2.05) is 0 Å². The molecule has 0 aromatic heterocycles. The first kappa shape index (κ1) is 15.8. The first-order valence-corrected chi connectivity index (χ1v) is 9.20. The van der Waals surface area contributed by atoms with Crippen LogP contribution in [0.2, 0.25) is 0 Å². The normalized spacial score (nSPS) is 36.1. The summed E-state index contributed by atoms with van der Waals surface area (Å²) in [5.41, 5.74) is 0.0584. The molecule has 2 heterocycles. The van der Waals surface area contributed by atoms with Gasteiger partial charge in [0, 0.05) is 25.7 Å². The molecule has 3 unspecified atom stereocenters. The summed E-state index contributed by atoms with van der Waals surface area (Å²) in [5.74, 6) is 1.77. The van der Waals surface area contributed by atoms with Crippen LogP contribution in [0.25, 0.3) is 0 Å². The smallest absolute Gasteiger partial charge is 0.0939 e. The van der Waals surface area contributed by atoms with Crippen molar-refractivity contribution in [3.8, 4) is 0 Å². The molecule has 1 N–H and O–H groups in total. The van der Waals surface area contributed by atoms with Gasteiger partial charge in [-0.3, -0.25) is 0 Å². The van der Waals surface area contributed by atoms with E-state index in [1.165, 1.54) is 57.8 Å². The Morgan fingerprint density at radius 3 is 2.71 bits per heavy atom. The highest BCUT2D eigenvalue weighted by atomic mass is 16.6. The van der Waals surface area contributed by atoms with Crippen molar-refractivity contribution in [1.29, 1.82) is 0 Å². The summed E-state index contributed by atoms with van der Waals surface area (Å²) >= 11 is 0. The summed E-state index contributed by atoms with van der Waals surface area (Å²) in [6.07, 6.45) is 13.6. The molecule has 0 radical (unpaired) electrons. The van der Waals surface area contributed by atoms with Crippen molar-refractivity contribution in [1.82, 2.24) is 5.32 Å². The summed E-state index contributed by atoms with van der Waals surface area (Å²) in [7, 11) is 2.15. The maximum atomic E-state index is 6.09. The molecular weight excluding hydrogens is 262 g/mol. The Labute approximate surface area is 130 Å². The van der Waals surface area contributed by atoms with Crippen molar-refractivity contribution in [3.63, 3.8) is 0 Å². The Morgan fingerprint density at radius 1 is 1.14 bits per heavy atom. The minimum atomic E-state index is 0.0584. The van der Waals surface area contributed by atoms with Crippen LogP contribution in [0.4, 0.5) is 0 Å². The van der Waals surface area contributed by atoms with E-state index in [1.54, 1.807) is 0 Å². The minimum absolute atomic E-state index is 0.0584. The number of hydrogen-bond acceptors (Lipinski definition) is 3. The topological polar surface area (TPSA) is 30.5 Å². The molecule has 0 aromatic carbocycles. The fourth-order valence-electron chi connectivity index (χ4n) is 4.78. The summed E-state index contributed by atoms with van der Waals surface area (Å²) < 4.78 is 11.7. The van der Waals surface area contributed by atoms with Crippen LogP contribution >= 0.6 is 0 Å². The zero-order valence-electron chi connectivity index (χ0n) is 13.7. The monoisotopic (exact) mass is 295 g/mol. The molecule has 3 nitrogen and oxygen atoms in total. The molecule has 0 bridgehead atoms. The van der Waals surface area contributed by atoms with Crippen molar-refractivity contribution < 1.29 is 9.47 Å². The Kier molecular flexibility index (Phi) is 5.58. The van der Waals surface area contributed by atoms with Crippen molar-refractivity contribution >= 4 is 0 Å². The molecular formula is C18H33NO2. The van der Waals surface area contributed by atoms with Crippen molar-refractivity contribution in [2.24, 2.45) is 11.8 Å². The molecule has 2 aliphatic heterocycles. The lowest BCUT2D eigenvalue weighted by Gasteiger charge is -2.40. The molecule has 3 atom stereocenters. The van der Waals surface area contributed by atoms with E-state index >= 15 is 0 Å². The second-order valence-corrected chi connectivity index (χ2v) is 7.56. The minimum Gasteiger partial charge on any atom is -0.378 e. The highest BCUT2D eigenvalue weighted by Gasteiger charge is 2.42. The van der Waals surface area contributed by atoms with E-state index < -0.39 is 0 Å². The molecule has 3 heteroatoms. The second kappa shape index (κ2) is 7.43. The summed E-state index contributed by atoms with van der Waals surface area (Å²) in [6.45, 7) is 2.64. The largest absolute Gasteiger partial charge is 0.378 e. The van der Waals surface area contributed by atoms with Gasteiger partial charge in [0.1, 0.15) is 0 Å². The maximum Gasteiger partial charge on any atom is 0.0939 e. The molecule has 1 aliphatic carbocycles. The van der Waals surface area contributed by atoms with Crippen molar-refractivity contribution in [2.75, 3.05) is 26.9 Å². The first-order valence-electron chi connectivity index (χ1n) is 9.20. The molecule has 3 rings (SSSR count). The third kappa shape index (κ3) is 4.00. The van der Waals surface area contributed by atoms with E-state index in [2.05, 4.69) is 12.4 Å². The lowest BCUT2D eigenvalue weighted by Crippen LogP contribution is -2.46. The van der Waals surface area contributed by atoms with E-state index in [0.29, 0.717) is 6.04 Å². The lowest BCUT2D eigenvalue weighted by molar-refractivity contribution is -0.103. The third-order valence-electron chi connectivity index (χ3n) is 6.15. The average molecular weight is 295 g/mol. The Balaban J connectivity index is 1.50. The van der Waals surface area contributed by atoms with Crippen LogP contribution in [0, 0.1) is 11.8 Å². The summed E-state index contributed by atoms with van der Waals surface area (Å²) in [6, 6.07) is 0.674. The summed E-state index contributed by atoms with van der Waals surface area (Å²) in [4.78, 5) is 0. The van der Waals surface area contributed by atoms with Gasteiger partial charge in [-0.25, -0.2) is 0 Å². The van der Waals surface area contributed by atoms with Gasteiger partial charge in [0.25, 0.3) is 0 Å². The van der Waals surface area contributed by atoms with E-state index in [9.17, 15) is 0 Å². The van der Waals surface area contributed by atoms with Crippen molar-refractivity contribution in [2.45, 2.75) is 75.9 Å². The molecule has 2 saturated heterocycles. The van der Waals surface area contributed by atoms with Gasteiger partial charge in [-0.15, -0.1) is 0 Å². The van der Waals surface area contributed by atoms with Gasteiger partial charge in [-0.2, -0.15) is 0 Å². The van der Waals surface area contributed by atoms with Gasteiger partial charge >= 0.3 is 0 Å². The second-order valence-electron chi connectivity index (χ2n) is 7.56. The number of rotatable bonds is 5. The summed E-state index contributed by atoms with van der Waals surface area (Å²) in [5, 5.41) is 3.62. The predicted molar refractivity (Wildman–Crippen MR) is 85.5 cm³/mol. The molecule has 3 aliphatic rings. The SMILES string of the molecule is CNC(CCC1CCCCC1)C1CCOC2(CCOC2)C1. The van der Waals surface area contributed by atoms with Gasteiger partial charge in [0.15, 0.2) is 0 Å². The van der Waals surface area contributed by atoms with E-state index in [4.69, 9.17) is 9.47 Å². The van der Waals surface area contributed by atoms with Crippen LogP contribution in [-0.4, -0.2) is 38.5 Å². The highest BCUT2D eigenvalue weighted by molar-refractivity contribution is 4.93. The Bertz CT molecular complexity index is 308. The fraction of sp³-hybridized carbons (Fsp3) is 1.00. The number of hydrogen-bond donors (Lipinski definition) is 1. The molecule has 0 amide bonds. The number of ether oxygens (including phenoxy) is 2. The van der Waals surface area contributed by atoms with E-state index in [0.717, 1.165) is 38.1 Å². The Morgan fingerprint density at radius 2 is 2.00 bits per heavy atom. The molecule has 1 saturated carbocycles.